The first-order chi connectivity index (χ1) is 19.0. The van der Waals surface area contributed by atoms with E-state index in [4.69, 9.17) is 21.6 Å². The van der Waals surface area contributed by atoms with E-state index in [1.807, 2.05) is 48.5 Å². The fraction of sp³-hybridized carbons (Fsp3) is 0.250. The number of aromatic nitrogens is 3. The Morgan fingerprint density at radius 2 is 1.82 bits per heavy atom. The van der Waals surface area contributed by atoms with Crippen molar-refractivity contribution in [3.05, 3.63) is 82.6 Å². The summed E-state index contributed by atoms with van der Waals surface area (Å²) >= 11 is 8.04. The minimum Gasteiger partial charge on any atom is -0.510 e. The smallest absolute Gasteiger partial charge is 0.259 e. The van der Waals surface area contributed by atoms with Crippen LogP contribution in [0.25, 0.3) is 11.2 Å². The van der Waals surface area contributed by atoms with Crippen molar-refractivity contribution in [2.75, 3.05) is 23.3 Å². The molecule has 2 aromatic carbocycles. The number of carbonyl (C=O) groups excluding carboxylic acids is 1. The first-order valence-electron chi connectivity index (χ1n) is 12.8. The predicted octanol–water partition coefficient (Wildman–Crippen LogP) is 5.17. The molecular formula is C28H27ClN6O3S. The molecule has 0 bridgehead atoms. The first-order valence-corrected chi connectivity index (χ1v) is 14.0. The minimum absolute atomic E-state index is 0.145. The van der Waals surface area contributed by atoms with Gasteiger partial charge in [-0.25, -0.2) is 4.98 Å². The average molecular weight is 563 g/mol. The number of hydrogen-bond acceptors (Lipinski definition) is 8. The number of pyridine rings is 1. The summed E-state index contributed by atoms with van der Waals surface area (Å²) in [5.74, 6) is -0.0256. The molecule has 2 aliphatic heterocycles. The van der Waals surface area contributed by atoms with Gasteiger partial charge >= 0.3 is 0 Å². The zero-order valence-electron chi connectivity index (χ0n) is 20.9. The highest BCUT2D eigenvalue weighted by atomic mass is 35.5. The van der Waals surface area contributed by atoms with E-state index in [0.717, 1.165) is 43.0 Å². The van der Waals surface area contributed by atoms with Crippen LogP contribution in [0.15, 0.2) is 81.9 Å². The zero-order chi connectivity index (χ0) is 26.9. The van der Waals surface area contributed by atoms with Crippen LogP contribution in [0.1, 0.15) is 30.9 Å². The maximum atomic E-state index is 13.1. The molecule has 0 saturated carbocycles. The largest absolute Gasteiger partial charge is 0.510 e. The number of nitrogens with one attached hydrogen (secondary N) is 3. The van der Waals surface area contributed by atoms with Gasteiger partial charge in [-0.1, -0.05) is 59.8 Å². The summed E-state index contributed by atoms with van der Waals surface area (Å²) in [6.45, 7) is 1.98. The van der Waals surface area contributed by atoms with Crippen molar-refractivity contribution in [2.24, 2.45) is 0 Å². The number of halogens is 1. The molecule has 1 saturated heterocycles. The summed E-state index contributed by atoms with van der Waals surface area (Å²) < 4.78 is 0. The van der Waals surface area contributed by atoms with Crippen LogP contribution in [-0.4, -0.2) is 50.4 Å². The second-order valence-corrected chi connectivity index (χ2v) is 11.0. The number of piperidine rings is 1. The summed E-state index contributed by atoms with van der Waals surface area (Å²) in [4.78, 5) is 28.8. The SMILES string of the molecule is O=C(Nc1cccc(Sc2ccc3[nH]c(N4CCCCC4)nc3n2)c1Cl)C1=C(O)[C@H](c2ccccc2)NC1O. The van der Waals surface area contributed by atoms with E-state index in [1.54, 1.807) is 12.1 Å². The number of aliphatic hydroxyl groups excluding tert-OH is 2. The Morgan fingerprint density at radius 1 is 1.03 bits per heavy atom. The molecule has 2 aromatic heterocycles. The molecule has 1 amide bonds. The molecule has 9 nitrogen and oxygen atoms in total. The van der Waals surface area contributed by atoms with Gasteiger partial charge in [-0.05, 0) is 49.1 Å². The van der Waals surface area contributed by atoms with Gasteiger partial charge in [0.05, 0.1) is 27.8 Å². The van der Waals surface area contributed by atoms with Gasteiger partial charge in [0.25, 0.3) is 5.91 Å². The van der Waals surface area contributed by atoms with E-state index in [-0.39, 0.29) is 11.3 Å². The van der Waals surface area contributed by atoms with Crippen LogP contribution in [0.3, 0.4) is 0 Å². The lowest BCUT2D eigenvalue weighted by molar-refractivity contribution is -0.113. The highest BCUT2D eigenvalue weighted by Gasteiger charge is 2.37. The topological polar surface area (TPSA) is 126 Å². The molecule has 4 heterocycles. The molecule has 0 spiro atoms. The highest BCUT2D eigenvalue weighted by molar-refractivity contribution is 7.99. The molecule has 1 unspecified atom stereocenters. The van der Waals surface area contributed by atoms with Crippen molar-refractivity contribution in [1.29, 1.82) is 0 Å². The standard InChI is InChI=1S/C28H27ClN6O3S/c29-22-17(30-26(37)21-24(36)23(33-27(21)38)16-8-3-1-4-9-16)10-7-11-19(22)39-20-13-12-18-25(32-20)34-28(31-18)35-14-5-2-6-15-35/h1,3-4,7-13,23,27,33,36,38H,2,5-6,14-15H2,(H,30,37)(H,31,32,34)/t23-,27?/m0/s1. The summed E-state index contributed by atoms with van der Waals surface area (Å²) in [6.07, 6.45) is 2.25. The summed E-state index contributed by atoms with van der Waals surface area (Å²) in [7, 11) is 0. The molecule has 2 atom stereocenters. The Balaban J connectivity index is 1.20. The minimum atomic E-state index is -1.33. The van der Waals surface area contributed by atoms with Crippen molar-refractivity contribution in [3.63, 3.8) is 0 Å². The lowest BCUT2D eigenvalue weighted by atomic mass is 10.1. The summed E-state index contributed by atoms with van der Waals surface area (Å²) in [6, 6.07) is 17.6. The highest BCUT2D eigenvalue weighted by Crippen LogP contribution is 2.38. The third kappa shape index (κ3) is 5.20. The van der Waals surface area contributed by atoms with Crippen LogP contribution in [0.2, 0.25) is 5.02 Å². The monoisotopic (exact) mass is 562 g/mol. The second-order valence-electron chi connectivity index (χ2n) is 9.51. The van der Waals surface area contributed by atoms with Gasteiger partial charge in [-0.3, -0.25) is 10.1 Å². The Labute approximate surface area is 234 Å². The molecule has 0 radical (unpaired) electrons. The fourth-order valence-corrected chi connectivity index (χ4v) is 6.05. The normalized spacial score (nSPS) is 19.6. The number of fused-ring (bicyclic) bond motifs is 1. The lowest BCUT2D eigenvalue weighted by Gasteiger charge is -2.25. The number of carbonyl (C=O) groups is 1. The number of anilines is 2. The van der Waals surface area contributed by atoms with E-state index in [1.165, 1.54) is 18.2 Å². The average Bonchev–Trinajstić information content (AvgIpc) is 3.51. The third-order valence-electron chi connectivity index (χ3n) is 6.91. The first kappa shape index (κ1) is 25.7. The van der Waals surface area contributed by atoms with Crippen LogP contribution < -0.4 is 15.5 Å². The maximum absolute atomic E-state index is 13.1. The number of aromatic amines is 1. The molecule has 1 fully saturated rings. The van der Waals surface area contributed by atoms with Gasteiger partial charge < -0.3 is 25.4 Å². The number of imidazole rings is 1. The van der Waals surface area contributed by atoms with Gasteiger partial charge in [0, 0.05) is 18.0 Å². The second kappa shape index (κ2) is 10.9. The molecule has 5 N–H and O–H groups in total. The van der Waals surface area contributed by atoms with Gasteiger partial charge in [0.15, 0.2) is 5.65 Å². The van der Waals surface area contributed by atoms with Gasteiger partial charge in [0.1, 0.15) is 17.0 Å². The fourth-order valence-electron chi connectivity index (χ4n) is 4.92. The van der Waals surface area contributed by atoms with Crippen molar-refractivity contribution < 1.29 is 15.0 Å². The number of rotatable bonds is 6. The number of hydrogen-bond donors (Lipinski definition) is 5. The van der Waals surface area contributed by atoms with Crippen molar-refractivity contribution in [1.82, 2.24) is 20.3 Å². The number of H-pyrrole nitrogens is 1. The Bertz CT molecular complexity index is 1550. The van der Waals surface area contributed by atoms with E-state index in [9.17, 15) is 15.0 Å². The van der Waals surface area contributed by atoms with Gasteiger partial charge in [0.2, 0.25) is 5.95 Å². The molecule has 11 heteroatoms. The van der Waals surface area contributed by atoms with Crippen molar-refractivity contribution in [2.45, 2.75) is 41.5 Å². The van der Waals surface area contributed by atoms with Crippen LogP contribution in [0, 0.1) is 0 Å². The molecule has 2 aliphatic rings. The van der Waals surface area contributed by atoms with Crippen molar-refractivity contribution in [3.8, 4) is 0 Å². The number of nitrogens with zero attached hydrogens (tertiary/aromatic N) is 3. The lowest BCUT2D eigenvalue weighted by Crippen LogP contribution is -2.31. The molecule has 0 aliphatic carbocycles. The Morgan fingerprint density at radius 3 is 2.62 bits per heavy atom. The third-order valence-corrected chi connectivity index (χ3v) is 8.43. The Hall–Kier alpha value is -3.57. The van der Waals surface area contributed by atoms with Crippen molar-refractivity contribution >= 4 is 52.1 Å². The van der Waals surface area contributed by atoms with Crippen LogP contribution in [0.4, 0.5) is 11.6 Å². The quantitative estimate of drug-likeness (QED) is 0.218. The predicted molar refractivity (Wildman–Crippen MR) is 152 cm³/mol. The number of benzene rings is 2. The van der Waals surface area contributed by atoms with Crippen LogP contribution in [-0.2, 0) is 4.79 Å². The van der Waals surface area contributed by atoms with E-state index in [0.29, 0.717) is 26.3 Å². The van der Waals surface area contributed by atoms with Gasteiger partial charge in [-0.15, -0.1) is 0 Å². The number of aliphatic hydroxyl groups is 2. The molecule has 6 rings (SSSR count). The van der Waals surface area contributed by atoms with Crippen LogP contribution in [0.5, 0.6) is 0 Å². The molecule has 4 aromatic rings. The molecule has 200 valence electrons. The number of amides is 1. The van der Waals surface area contributed by atoms with E-state index < -0.39 is 18.2 Å². The van der Waals surface area contributed by atoms with E-state index >= 15 is 0 Å². The van der Waals surface area contributed by atoms with E-state index in [2.05, 4.69) is 20.5 Å². The van der Waals surface area contributed by atoms with Crippen LogP contribution >= 0.6 is 23.4 Å². The summed E-state index contributed by atoms with van der Waals surface area (Å²) in [5.41, 5.74) is 2.46. The molecule has 39 heavy (non-hydrogen) atoms. The van der Waals surface area contributed by atoms with Gasteiger partial charge in [-0.2, -0.15) is 4.98 Å². The Kier molecular flexibility index (Phi) is 7.18. The summed E-state index contributed by atoms with van der Waals surface area (Å²) in [5, 5.41) is 27.9. The zero-order valence-corrected chi connectivity index (χ0v) is 22.5. The molecular weight excluding hydrogens is 536 g/mol. The maximum Gasteiger partial charge on any atom is 0.259 e.